The van der Waals surface area contributed by atoms with Gasteiger partial charge in [0.2, 0.25) is 11.7 Å². The first-order valence-electron chi connectivity index (χ1n) is 10.4. The molecule has 9 nitrogen and oxygen atoms in total. The molecule has 1 aromatic heterocycles. The maximum Gasteiger partial charge on any atom is 0.351 e. The molecule has 174 valence electrons. The summed E-state index contributed by atoms with van der Waals surface area (Å²) in [6.45, 7) is 2.37. The van der Waals surface area contributed by atoms with Gasteiger partial charge in [-0.15, -0.1) is 0 Å². The molecule has 0 radical (unpaired) electrons. The molecule has 0 fully saturated rings. The highest BCUT2D eigenvalue weighted by Gasteiger charge is 2.13. The number of benzene rings is 2. The van der Waals surface area contributed by atoms with Crippen LogP contribution in [0.5, 0.6) is 0 Å². The second-order valence-electron chi connectivity index (χ2n) is 7.68. The Hall–Kier alpha value is -3.82. The van der Waals surface area contributed by atoms with Crippen molar-refractivity contribution in [3.05, 3.63) is 66.2 Å². The molecule has 0 saturated heterocycles. The standard InChI is InChI=1S/C22H26N4O.C2H2O4/c1-16(13-17-9-5-4-6-10-17)23-15-22(27)25-20-14-21(26(2)3)24-19-12-8-7-11-18(19)20;3-1(4)2(5)6/h4-12,14,16,23H,13,15H2,1-3H3,(H,24,25,27);(H,3,4)(H,5,6). The molecule has 1 unspecified atom stereocenters. The molecule has 0 aliphatic carbocycles. The molecule has 0 saturated carbocycles. The number of aliphatic carboxylic acids is 2. The van der Waals surface area contributed by atoms with E-state index < -0.39 is 11.9 Å². The van der Waals surface area contributed by atoms with Crippen LogP contribution < -0.4 is 20.6 Å². The smallest absolute Gasteiger partial charge is 0.351 e. The number of aromatic nitrogens is 1. The van der Waals surface area contributed by atoms with E-state index in [0.717, 1.165) is 33.7 Å². The van der Waals surface area contributed by atoms with Crippen molar-refractivity contribution >= 4 is 40.3 Å². The molecule has 1 heterocycles. The molecule has 2 aromatic carbocycles. The Balaban J connectivity index is 0.000000569. The van der Waals surface area contributed by atoms with E-state index in [4.69, 9.17) is 19.8 Å². The molecule has 9 heteroatoms. The van der Waals surface area contributed by atoms with Crippen LogP contribution in [0.1, 0.15) is 12.5 Å². The summed E-state index contributed by atoms with van der Waals surface area (Å²) < 4.78 is 0. The minimum Gasteiger partial charge on any atom is -0.539 e. The highest BCUT2D eigenvalue weighted by Crippen LogP contribution is 2.23. The van der Waals surface area contributed by atoms with E-state index >= 15 is 0 Å². The molecule has 0 bridgehead atoms. The first kappa shape index (κ1) is 25.4. The third-order valence-corrected chi connectivity index (χ3v) is 4.67. The number of fused-ring (bicyclic) bond motifs is 1. The van der Waals surface area contributed by atoms with Gasteiger partial charge in [-0.25, -0.2) is 4.79 Å². The number of carboxylic acids is 2. The lowest BCUT2D eigenvalue weighted by molar-refractivity contribution is -0.789. The number of nitrogens with zero attached hydrogens (tertiary/aromatic N) is 1. The molecule has 1 amide bonds. The maximum absolute atomic E-state index is 12.5. The van der Waals surface area contributed by atoms with Crippen molar-refractivity contribution in [2.75, 3.05) is 26.0 Å². The molecular weight excluding hydrogens is 424 g/mol. The Morgan fingerprint density at radius 1 is 1.06 bits per heavy atom. The van der Waals surface area contributed by atoms with Crippen LogP contribution in [-0.2, 0) is 20.8 Å². The largest absolute Gasteiger partial charge is 0.539 e. The van der Waals surface area contributed by atoms with Gasteiger partial charge in [0.1, 0.15) is 0 Å². The number of rotatable bonds is 7. The van der Waals surface area contributed by atoms with Gasteiger partial charge in [0.15, 0.2) is 5.97 Å². The van der Waals surface area contributed by atoms with Gasteiger partial charge < -0.3 is 25.6 Å². The fourth-order valence-corrected chi connectivity index (χ4v) is 3.04. The highest BCUT2D eigenvalue weighted by molar-refractivity contribution is 6.26. The van der Waals surface area contributed by atoms with E-state index in [-0.39, 0.29) is 18.5 Å². The Morgan fingerprint density at radius 3 is 2.27 bits per heavy atom. The minimum absolute atomic E-state index is 0.0500. The summed E-state index contributed by atoms with van der Waals surface area (Å²) in [7, 11) is 4.05. The van der Waals surface area contributed by atoms with Crippen LogP contribution in [0, 0.1) is 0 Å². The number of carbonyl (C=O) groups is 3. The number of para-hydroxylation sites is 1. The third-order valence-electron chi connectivity index (χ3n) is 4.67. The lowest BCUT2D eigenvalue weighted by Crippen LogP contribution is -3.00. The molecule has 3 aromatic rings. The first-order chi connectivity index (χ1) is 15.7. The molecule has 3 rings (SSSR count). The Labute approximate surface area is 192 Å². The monoisotopic (exact) mass is 452 g/mol. The minimum atomic E-state index is -2.07. The fraction of sp³-hybridized carbons (Fsp3) is 0.250. The predicted molar refractivity (Wildman–Crippen MR) is 123 cm³/mol. The summed E-state index contributed by atoms with van der Waals surface area (Å²) in [6, 6.07) is 20.3. The first-order valence-corrected chi connectivity index (χ1v) is 10.4. The van der Waals surface area contributed by atoms with Gasteiger partial charge in [-0.1, -0.05) is 48.5 Å². The number of nitrogens with one attached hydrogen (secondary N) is 3. The van der Waals surface area contributed by atoms with Crippen molar-refractivity contribution in [1.82, 2.24) is 10.3 Å². The molecule has 1 atom stereocenters. The average molecular weight is 453 g/mol. The van der Waals surface area contributed by atoms with Crippen molar-refractivity contribution in [3.8, 4) is 0 Å². The molecule has 0 spiro atoms. The number of quaternary nitrogens is 1. The van der Waals surface area contributed by atoms with Gasteiger partial charge in [-0.3, -0.25) is 9.69 Å². The van der Waals surface area contributed by atoms with Gasteiger partial charge in [0.25, 0.3) is 0 Å². The second kappa shape index (κ2) is 12.3. The molecule has 0 aliphatic heterocycles. The summed E-state index contributed by atoms with van der Waals surface area (Å²) in [4.78, 5) is 36.3. The van der Waals surface area contributed by atoms with E-state index in [1.54, 1.807) is 0 Å². The SMILES string of the molecule is CC(Cc1ccccc1)NCC(=O)Nc1cc([NH+](C)C)nc2ccccc12.O=C([O-])C(=O)O. The van der Waals surface area contributed by atoms with Crippen LogP contribution in [0.25, 0.3) is 10.9 Å². The second-order valence-corrected chi connectivity index (χ2v) is 7.68. The van der Waals surface area contributed by atoms with Gasteiger partial charge >= 0.3 is 5.97 Å². The maximum atomic E-state index is 12.5. The number of anilines is 1. The number of carbonyl (C=O) groups excluding carboxylic acids is 2. The van der Waals surface area contributed by atoms with E-state index in [9.17, 15) is 4.79 Å². The zero-order chi connectivity index (χ0) is 24.4. The number of amides is 1. The highest BCUT2D eigenvalue weighted by atomic mass is 16.4. The summed E-state index contributed by atoms with van der Waals surface area (Å²) >= 11 is 0. The Morgan fingerprint density at radius 2 is 1.67 bits per heavy atom. The van der Waals surface area contributed by atoms with Crippen molar-refractivity contribution in [1.29, 1.82) is 0 Å². The van der Waals surface area contributed by atoms with Crippen LogP contribution >= 0.6 is 0 Å². The quantitative estimate of drug-likeness (QED) is 0.370. The van der Waals surface area contributed by atoms with Gasteiger partial charge in [0.05, 0.1) is 31.8 Å². The van der Waals surface area contributed by atoms with Gasteiger partial charge in [-0.05, 0) is 25.0 Å². The molecule has 33 heavy (non-hydrogen) atoms. The van der Waals surface area contributed by atoms with Gasteiger partial charge in [-0.2, -0.15) is 4.98 Å². The summed E-state index contributed by atoms with van der Waals surface area (Å²) in [5.74, 6) is -3.16. The van der Waals surface area contributed by atoms with E-state index in [2.05, 4.69) is 34.7 Å². The molecule has 0 aliphatic rings. The van der Waals surface area contributed by atoms with Gasteiger partial charge in [0, 0.05) is 17.5 Å². The average Bonchev–Trinajstić information content (AvgIpc) is 2.78. The zero-order valence-electron chi connectivity index (χ0n) is 18.8. The van der Waals surface area contributed by atoms with Crippen molar-refractivity contribution in [2.45, 2.75) is 19.4 Å². The number of carboxylic acid groups (broad SMARTS) is 2. The van der Waals surface area contributed by atoms with E-state index in [0.29, 0.717) is 0 Å². The van der Waals surface area contributed by atoms with Crippen LogP contribution in [0.3, 0.4) is 0 Å². The summed E-state index contributed by atoms with van der Waals surface area (Å²) in [5.41, 5.74) is 2.95. The Bertz CT molecular complexity index is 1090. The summed E-state index contributed by atoms with van der Waals surface area (Å²) in [5, 5.41) is 23.6. The van der Waals surface area contributed by atoms with Crippen LogP contribution in [0.15, 0.2) is 60.7 Å². The van der Waals surface area contributed by atoms with E-state index in [1.165, 1.54) is 5.56 Å². The van der Waals surface area contributed by atoms with E-state index in [1.807, 2.05) is 62.6 Å². The molecule has 4 N–H and O–H groups in total. The van der Waals surface area contributed by atoms with Crippen LogP contribution in [-0.4, -0.2) is 54.6 Å². The van der Waals surface area contributed by atoms with Crippen molar-refractivity contribution in [3.63, 3.8) is 0 Å². The zero-order valence-corrected chi connectivity index (χ0v) is 18.8. The topological polar surface area (TPSA) is 136 Å². The lowest BCUT2D eigenvalue weighted by Gasteiger charge is -2.15. The number of hydrogen-bond donors (Lipinski definition) is 4. The molecular formula is C24H28N4O5. The Kier molecular flexibility index (Phi) is 9.46. The fourth-order valence-electron chi connectivity index (χ4n) is 3.04. The van der Waals surface area contributed by atoms with Crippen LogP contribution in [0.4, 0.5) is 11.5 Å². The number of hydrogen-bond acceptors (Lipinski definition) is 6. The van der Waals surface area contributed by atoms with Crippen LogP contribution in [0.2, 0.25) is 0 Å². The lowest BCUT2D eigenvalue weighted by atomic mass is 10.1. The van der Waals surface area contributed by atoms with Crippen molar-refractivity contribution < 1.29 is 29.5 Å². The predicted octanol–water partition coefficient (Wildman–Crippen LogP) is -0.00900. The summed E-state index contributed by atoms with van der Waals surface area (Å²) in [6.07, 6.45) is 0.889. The van der Waals surface area contributed by atoms with Crippen molar-refractivity contribution in [2.24, 2.45) is 0 Å². The normalized spacial score (nSPS) is 11.4. The third kappa shape index (κ3) is 8.32. The number of pyridine rings is 1.